The fraction of sp³-hybridized carbons (Fsp3) is 0.652. The Morgan fingerprint density at radius 1 is 1.03 bits per heavy atom. The molecular weight excluding hydrogens is 434 g/mol. The Morgan fingerprint density at radius 2 is 1.75 bits per heavy atom. The van der Waals surface area contributed by atoms with E-state index in [1.807, 2.05) is 42.7 Å². The van der Waals surface area contributed by atoms with Crippen molar-refractivity contribution in [3.05, 3.63) is 33.8 Å². The van der Waals surface area contributed by atoms with Crippen molar-refractivity contribution in [3.63, 3.8) is 0 Å². The van der Waals surface area contributed by atoms with Crippen molar-refractivity contribution in [2.24, 2.45) is 0 Å². The number of urea groups is 1. The number of amides is 3. The van der Waals surface area contributed by atoms with Gasteiger partial charge < -0.3 is 24.0 Å². The van der Waals surface area contributed by atoms with E-state index < -0.39 is 5.60 Å². The largest absolute Gasteiger partial charge is 0.444 e. The normalized spacial score (nSPS) is 21.9. The van der Waals surface area contributed by atoms with Gasteiger partial charge in [-0.25, -0.2) is 9.59 Å². The number of nitrogens with zero attached hydrogens (tertiary/aromatic N) is 3. The van der Waals surface area contributed by atoms with Gasteiger partial charge in [-0.05, 0) is 56.0 Å². The SMILES string of the molecule is CC(C)(C)OC(=O)N1CCOCC1c1cc(Cl)cc2c1CN(C(=O)N1CCOCC1)CC2. The molecule has 0 spiro atoms. The van der Waals surface area contributed by atoms with E-state index in [4.69, 9.17) is 25.8 Å². The Kier molecular flexibility index (Phi) is 6.83. The highest BCUT2D eigenvalue weighted by Gasteiger charge is 2.36. The van der Waals surface area contributed by atoms with Crippen LogP contribution in [0.2, 0.25) is 5.02 Å². The number of carbonyl (C=O) groups is 2. The zero-order valence-corrected chi connectivity index (χ0v) is 19.8. The van der Waals surface area contributed by atoms with Crippen molar-refractivity contribution in [1.82, 2.24) is 14.7 Å². The molecule has 0 aromatic heterocycles. The Balaban J connectivity index is 1.61. The first-order valence-corrected chi connectivity index (χ1v) is 11.6. The number of hydrogen-bond donors (Lipinski definition) is 0. The lowest BCUT2D eigenvalue weighted by atomic mass is 9.90. The predicted octanol–water partition coefficient (Wildman–Crippen LogP) is 3.46. The molecular formula is C23H32ClN3O5. The fourth-order valence-electron chi connectivity index (χ4n) is 4.47. The number of hydrogen-bond acceptors (Lipinski definition) is 5. The molecule has 176 valence electrons. The van der Waals surface area contributed by atoms with E-state index in [0.717, 1.165) is 23.1 Å². The minimum atomic E-state index is -0.588. The minimum Gasteiger partial charge on any atom is -0.444 e. The highest BCUT2D eigenvalue weighted by atomic mass is 35.5. The molecule has 0 saturated carbocycles. The van der Waals surface area contributed by atoms with Crippen LogP contribution in [0.25, 0.3) is 0 Å². The standard InChI is InChI=1S/C23H32ClN3O5/c1-23(2,3)32-22(29)27-8-11-31-15-20(27)18-13-17(24)12-16-4-5-26(14-19(16)18)21(28)25-6-9-30-10-7-25/h12-13,20H,4-11,14-15H2,1-3H3. The Morgan fingerprint density at radius 3 is 2.47 bits per heavy atom. The van der Waals surface area contributed by atoms with E-state index in [1.54, 1.807) is 4.90 Å². The van der Waals surface area contributed by atoms with E-state index in [1.165, 1.54) is 0 Å². The van der Waals surface area contributed by atoms with Crippen molar-refractivity contribution < 1.29 is 23.8 Å². The van der Waals surface area contributed by atoms with Crippen LogP contribution < -0.4 is 0 Å². The first-order chi connectivity index (χ1) is 15.2. The van der Waals surface area contributed by atoms with E-state index in [9.17, 15) is 9.59 Å². The zero-order valence-electron chi connectivity index (χ0n) is 19.1. The highest BCUT2D eigenvalue weighted by molar-refractivity contribution is 6.30. The summed E-state index contributed by atoms with van der Waals surface area (Å²) in [6, 6.07) is 3.59. The van der Waals surface area contributed by atoms with Crippen LogP contribution in [0.15, 0.2) is 12.1 Å². The molecule has 1 aromatic carbocycles. The van der Waals surface area contributed by atoms with Crippen LogP contribution in [0.4, 0.5) is 9.59 Å². The summed E-state index contributed by atoms with van der Waals surface area (Å²) in [6.45, 7) is 10.3. The van der Waals surface area contributed by atoms with Crippen molar-refractivity contribution in [2.75, 3.05) is 52.6 Å². The van der Waals surface area contributed by atoms with Gasteiger partial charge in [-0.3, -0.25) is 4.90 Å². The first-order valence-electron chi connectivity index (χ1n) is 11.2. The number of halogens is 1. The Hall–Kier alpha value is -2.03. The third-order valence-corrected chi connectivity index (χ3v) is 6.23. The maximum Gasteiger partial charge on any atom is 0.410 e. The van der Waals surface area contributed by atoms with Crippen molar-refractivity contribution >= 4 is 23.7 Å². The molecule has 0 bridgehead atoms. The average molecular weight is 466 g/mol. The molecule has 1 aromatic rings. The molecule has 0 N–H and O–H groups in total. The highest BCUT2D eigenvalue weighted by Crippen LogP contribution is 2.35. The zero-order chi connectivity index (χ0) is 22.9. The molecule has 4 rings (SSSR count). The molecule has 2 fully saturated rings. The van der Waals surface area contributed by atoms with Crippen molar-refractivity contribution in [2.45, 2.75) is 45.4 Å². The van der Waals surface area contributed by atoms with Crippen LogP contribution in [-0.2, 0) is 27.2 Å². The molecule has 8 nitrogen and oxygen atoms in total. The monoisotopic (exact) mass is 465 g/mol. The number of morpholine rings is 2. The van der Waals surface area contributed by atoms with Gasteiger partial charge in [0.1, 0.15) is 5.60 Å². The molecule has 2 saturated heterocycles. The second-order valence-corrected chi connectivity index (χ2v) is 9.89. The van der Waals surface area contributed by atoms with Crippen LogP contribution in [-0.4, -0.2) is 85.0 Å². The van der Waals surface area contributed by atoms with Gasteiger partial charge in [-0.1, -0.05) is 11.6 Å². The van der Waals surface area contributed by atoms with E-state index in [0.29, 0.717) is 64.2 Å². The molecule has 1 atom stereocenters. The Bertz CT molecular complexity index is 866. The number of fused-ring (bicyclic) bond motifs is 1. The van der Waals surface area contributed by atoms with Gasteiger partial charge in [0, 0.05) is 37.7 Å². The summed E-state index contributed by atoms with van der Waals surface area (Å²) in [5.74, 6) is 0. The lowest BCUT2D eigenvalue weighted by Crippen LogP contribution is -2.50. The summed E-state index contributed by atoms with van der Waals surface area (Å²) in [5.41, 5.74) is 2.51. The van der Waals surface area contributed by atoms with Gasteiger partial charge in [0.2, 0.25) is 0 Å². The third kappa shape index (κ3) is 5.13. The van der Waals surface area contributed by atoms with Gasteiger partial charge in [-0.15, -0.1) is 0 Å². The summed E-state index contributed by atoms with van der Waals surface area (Å²) < 4.78 is 16.8. The maximum atomic E-state index is 13.1. The Labute approximate surface area is 194 Å². The predicted molar refractivity (Wildman–Crippen MR) is 120 cm³/mol. The molecule has 1 unspecified atom stereocenters. The summed E-state index contributed by atoms with van der Waals surface area (Å²) in [4.78, 5) is 31.5. The van der Waals surface area contributed by atoms with Crippen LogP contribution in [0, 0.1) is 0 Å². The summed E-state index contributed by atoms with van der Waals surface area (Å²) in [6.07, 6.45) is 0.357. The summed E-state index contributed by atoms with van der Waals surface area (Å²) in [7, 11) is 0. The van der Waals surface area contributed by atoms with E-state index >= 15 is 0 Å². The van der Waals surface area contributed by atoms with E-state index in [2.05, 4.69) is 0 Å². The summed E-state index contributed by atoms with van der Waals surface area (Å²) in [5, 5.41) is 0.626. The molecule has 3 amide bonds. The first kappa shape index (κ1) is 23.1. The van der Waals surface area contributed by atoms with Gasteiger partial charge in [0.25, 0.3) is 0 Å². The fourth-order valence-corrected chi connectivity index (χ4v) is 4.72. The van der Waals surface area contributed by atoms with Gasteiger partial charge in [0.15, 0.2) is 0 Å². The van der Waals surface area contributed by atoms with Gasteiger partial charge in [0.05, 0.1) is 32.5 Å². The van der Waals surface area contributed by atoms with Crippen molar-refractivity contribution in [3.8, 4) is 0 Å². The van der Waals surface area contributed by atoms with Gasteiger partial charge >= 0.3 is 12.1 Å². The molecule has 3 aliphatic rings. The molecule has 9 heteroatoms. The maximum absolute atomic E-state index is 13.1. The van der Waals surface area contributed by atoms with E-state index in [-0.39, 0.29) is 18.2 Å². The number of benzene rings is 1. The van der Waals surface area contributed by atoms with Crippen LogP contribution >= 0.6 is 11.6 Å². The average Bonchev–Trinajstić information content (AvgIpc) is 2.77. The minimum absolute atomic E-state index is 0.0312. The van der Waals surface area contributed by atoms with Crippen molar-refractivity contribution in [1.29, 1.82) is 0 Å². The van der Waals surface area contributed by atoms with Crippen LogP contribution in [0.1, 0.15) is 43.5 Å². The molecule has 3 aliphatic heterocycles. The topological polar surface area (TPSA) is 71.5 Å². The lowest BCUT2D eigenvalue weighted by molar-refractivity contribution is -0.0334. The smallest absolute Gasteiger partial charge is 0.410 e. The second kappa shape index (κ2) is 9.45. The molecule has 0 radical (unpaired) electrons. The second-order valence-electron chi connectivity index (χ2n) is 9.45. The summed E-state index contributed by atoms with van der Waals surface area (Å²) >= 11 is 6.48. The number of carbonyl (C=O) groups excluding carboxylic acids is 2. The van der Waals surface area contributed by atoms with Crippen LogP contribution in [0.5, 0.6) is 0 Å². The quantitative estimate of drug-likeness (QED) is 0.635. The third-order valence-electron chi connectivity index (χ3n) is 6.01. The van der Waals surface area contributed by atoms with Gasteiger partial charge in [-0.2, -0.15) is 0 Å². The number of rotatable bonds is 1. The number of ether oxygens (including phenoxy) is 3. The molecule has 3 heterocycles. The molecule has 0 aliphatic carbocycles. The lowest BCUT2D eigenvalue weighted by Gasteiger charge is -2.40. The van der Waals surface area contributed by atoms with Crippen LogP contribution in [0.3, 0.4) is 0 Å². The molecule has 32 heavy (non-hydrogen) atoms.